The molecule has 0 radical (unpaired) electrons. The SMILES string of the molecule is NC(=O)[C@]1(Cc2ccc(F)cc2Cl)CCC(=O)N1C1CC1. The van der Waals surface area contributed by atoms with Crippen LogP contribution in [0.4, 0.5) is 4.39 Å². The lowest BCUT2D eigenvalue weighted by Crippen LogP contribution is -2.57. The summed E-state index contributed by atoms with van der Waals surface area (Å²) in [5.41, 5.74) is 5.24. The van der Waals surface area contributed by atoms with Gasteiger partial charge in [-0.15, -0.1) is 0 Å². The summed E-state index contributed by atoms with van der Waals surface area (Å²) in [5.74, 6) is -0.978. The second kappa shape index (κ2) is 4.98. The lowest BCUT2D eigenvalue weighted by molar-refractivity contribution is -0.140. The van der Waals surface area contributed by atoms with Crippen molar-refractivity contribution in [3.8, 4) is 0 Å². The van der Waals surface area contributed by atoms with Crippen molar-refractivity contribution in [3.63, 3.8) is 0 Å². The number of benzene rings is 1. The Morgan fingerprint density at radius 1 is 1.48 bits per heavy atom. The van der Waals surface area contributed by atoms with Gasteiger partial charge in [-0.25, -0.2) is 4.39 Å². The van der Waals surface area contributed by atoms with Crippen LogP contribution in [0.2, 0.25) is 5.02 Å². The number of hydrogen-bond donors (Lipinski definition) is 1. The maximum atomic E-state index is 13.2. The van der Waals surface area contributed by atoms with Crippen molar-refractivity contribution in [1.82, 2.24) is 4.90 Å². The molecular formula is C15H16ClFN2O2. The minimum atomic E-state index is -1.03. The number of halogens is 2. The van der Waals surface area contributed by atoms with Crippen molar-refractivity contribution in [2.75, 3.05) is 0 Å². The molecule has 3 rings (SSSR count). The van der Waals surface area contributed by atoms with Crippen LogP contribution in [0.15, 0.2) is 18.2 Å². The third-order valence-corrected chi connectivity index (χ3v) is 4.70. The normalized spacial score (nSPS) is 25.4. The first-order valence-electron chi connectivity index (χ1n) is 7.00. The van der Waals surface area contributed by atoms with Gasteiger partial charge in [0.25, 0.3) is 0 Å². The molecule has 0 spiro atoms. The van der Waals surface area contributed by atoms with Gasteiger partial charge < -0.3 is 10.6 Å². The molecule has 1 aliphatic heterocycles. The summed E-state index contributed by atoms with van der Waals surface area (Å²) in [7, 11) is 0. The maximum Gasteiger partial charge on any atom is 0.243 e. The molecule has 1 saturated heterocycles. The van der Waals surface area contributed by atoms with Gasteiger partial charge in [0, 0.05) is 23.9 Å². The third-order valence-electron chi connectivity index (χ3n) is 4.35. The second-order valence-corrected chi connectivity index (χ2v) is 6.21. The first-order valence-corrected chi connectivity index (χ1v) is 7.38. The van der Waals surface area contributed by atoms with Crippen LogP contribution >= 0.6 is 11.6 Å². The van der Waals surface area contributed by atoms with Crippen LogP contribution in [0.5, 0.6) is 0 Å². The first kappa shape index (κ1) is 14.3. The predicted octanol–water partition coefficient (Wildman–Crippen LogP) is 2.03. The van der Waals surface area contributed by atoms with Crippen molar-refractivity contribution < 1.29 is 14.0 Å². The van der Waals surface area contributed by atoms with Gasteiger partial charge in [0.05, 0.1) is 0 Å². The number of carbonyl (C=O) groups excluding carboxylic acids is 2. The summed E-state index contributed by atoms with van der Waals surface area (Å²) in [6, 6.07) is 4.17. The molecule has 1 aliphatic carbocycles. The van der Waals surface area contributed by atoms with Crippen molar-refractivity contribution in [2.24, 2.45) is 5.73 Å². The Balaban J connectivity index is 1.98. The molecule has 1 aromatic rings. The summed E-state index contributed by atoms with van der Waals surface area (Å²) in [4.78, 5) is 25.9. The highest BCUT2D eigenvalue weighted by Gasteiger charge is 2.54. The molecule has 6 heteroatoms. The highest BCUT2D eigenvalue weighted by Crippen LogP contribution is 2.42. The van der Waals surface area contributed by atoms with Crippen molar-refractivity contribution >= 4 is 23.4 Å². The second-order valence-electron chi connectivity index (χ2n) is 5.80. The van der Waals surface area contributed by atoms with Gasteiger partial charge in [0.1, 0.15) is 11.4 Å². The molecule has 0 aromatic heterocycles. The molecule has 0 bridgehead atoms. The van der Waals surface area contributed by atoms with Crippen LogP contribution < -0.4 is 5.73 Å². The minimum absolute atomic E-state index is 0.0328. The largest absolute Gasteiger partial charge is 0.368 e. The molecule has 1 saturated carbocycles. The molecule has 112 valence electrons. The molecule has 2 amide bonds. The maximum absolute atomic E-state index is 13.2. The summed E-state index contributed by atoms with van der Waals surface area (Å²) in [6.45, 7) is 0. The van der Waals surface area contributed by atoms with Crippen LogP contribution in [-0.2, 0) is 16.0 Å². The highest BCUT2D eigenvalue weighted by atomic mass is 35.5. The van der Waals surface area contributed by atoms with Crippen LogP contribution in [-0.4, -0.2) is 28.3 Å². The van der Waals surface area contributed by atoms with Crippen molar-refractivity contribution in [2.45, 2.75) is 43.7 Å². The number of amides is 2. The Hall–Kier alpha value is -1.62. The predicted molar refractivity (Wildman–Crippen MR) is 76.1 cm³/mol. The van der Waals surface area contributed by atoms with E-state index in [-0.39, 0.29) is 23.4 Å². The Morgan fingerprint density at radius 2 is 2.19 bits per heavy atom. The van der Waals surface area contributed by atoms with E-state index in [9.17, 15) is 14.0 Å². The zero-order valence-electron chi connectivity index (χ0n) is 11.4. The number of carbonyl (C=O) groups is 2. The molecule has 21 heavy (non-hydrogen) atoms. The molecule has 4 nitrogen and oxygen atoms in total. The zero-order chi connectivity index (χ0) is 15.2. The Labute approximate surface area is 127 Å². The number of primary amides is 1. The van der Waals surface area contributed by atoms with E-state index in [1.165, 1.54) is 12.1 Å². The van der Waals surface area contributed by atoms with Crippen molar-refractivity contribution in [1.29, 1.82) is 0 Å². The van der Waals surface area contributed by atoms with E-state index in [1.807, 2.05) is 0 Å². The van der Waals surface area contributed by atoms with Gasteiger partial charge in [-0.05, 0) is 37.0 Å². The van der Waals surface area contributed by atoms with E-state index in [2.05, 4.69) is 0 Å². The third kappa shape index (κ3) is 2.39. The minimum Gasteiger partial charge on any atom is -0.368 e. The molecule has 1 heterocycles. The molecular weight excluding hydrogens is 295 g/mol. The topological polar surface area (TPSA) is 63.4 Å². The fourth-order valence-corrected chi connectivity index (χ4v) is 3.40. The van der Waals surface area contributed by atoms with E-state index in [1.54, 1.807) is 11.0 Å². The van der Waals surface area contributed by atoms with Gasteiger partial charge in [-0.3, -0.25) is 9.59 Å². The number of rotatable bonds is 4. The fraction of sp³-hybridized carbons (Fsp3) is 0.467. The van der Waals surface area contributed by atoms with Gasteiger partial charge in [0.2, 0.25) is 11.8 Å². The van der Waals surface area contributed by atoms with E-state index >= 15 is 0 Å². The Morgan fingerprint density at radius 3 is 2.76 bits per heavy atom. The molecule has 1 atom stereocenters. The van der Waals surface area contributed by atoms with Crippen LogP contribution in [0.1, 0.15) is 31.2 Å². The first-order chi connectivity index (χ1) is 9.94. The standard InChI is InChI=1S/C15H16ClFN2O2/c16-12-7-10(17)2-1-9(12)8-15(14(18)21)6-5-13(20)19(15)11-3-4-11/h1-2,7,11H,3-6,8H2,(H2,18,21)/t15-/m1/s1. The average molecular weight is 311 g/mol. The quantitative estimate of drug-likeness (QED) is 0.925. The van der Waals surface area contributed by atoms with E-state index < -0.39 is 17.3 Å². The van der Waals surface area contributed by atoms with Crippen LogP contribution in [0.25, 0.3) is 0 Å². The highest BCUT2D eigenvalue weighted by molar-refractivity contribution is 6.31. The Bertz CT molecular complexity index is 618. The van der Waals surface area contributed by atoms with Crippen LogP contribution in [0, 0.1) is 5.82 Å². The number of nitrogens with zero attached hydrogens (tertiary/aromatic N) is 1. The molecule has 2 N–H and O–H groups in total. The van der Waals surface area contributed by atoms with Gasteiger partial charge in [-0.2, -0.15) is 0 Å². The monoisotopic (exact) mass is 310 g/mol. The number of nitrogens with two attached hydrogens (primary N) is 1. The molecule has 1 aromatic carbocycles. The van der Waals surface area contributed by atoms with Gasteiger partial charge in [0.15, 0.2) is 0 Å². The summed E-state index contributed by atoms with van der Waals surface area (Å²) < 4.78 is 13.2. The Kier molecular flexibility index (Phi) is 3.40. The smallest absolute Gasteiger partial charge is 0.243 e. The van der Waals surface area contributed by atoms with E-state index in [0.717, 1.165) is 12.8 Å². The lowest BCUT2D eigenvalue weighted by Gasteiger charge is -2.36. The fourth-order valence-electron chi connectivity index (χ4n) is 3.16. The lowest BCUT2D eigenvalue weighted by atomic mass is 9.87. The molecule has 2 fully saturated rings. The van der Waals surface area contributed by atoms with E-state index in [0.29, 0.717) is 18.4 Å². The van der Waals surface area contributed by atoms with Crippen molar-refractivity contribution in [3.05, 3.63) is 34.6 Å². The van der Waals surface area contributed by atoms with Gasteiger partial charge in [-0.1, -0.05) is 17.7 Å². The summed E-state index contributed by atoms with van der Waals surface area (Å²) >= 11 is 6.06. The van der Waals surface area contributed by atoms with Gasteiger partial charge >= 0.3 is 0 Å². The average Bonchev–Trinajstić information content (AvgIpc) is 3.18. The molecule has 2 aliphatic rings. The summed E-state index contributed by atoms with van der Waals surface area (Å²) in [6.07, 6.45) is 2.75. The van der Waals surface area contributed by atoms with E-state index in [4.69, 9.17) is 17.3 Å². The van der Waals surface area contributed by atoms with Crippen LogP contribution in [0.3, 0.4) is 0 Å². The summed E-state index contributed by atoms with van der Waals surface area (Å²) in [5, 5.41) is 0.255. The molecule has 0 unspecified atom stereocenters. The zero-order valence-corrected chi connectivity index (χ0v) is 12.2. The number of hydrogen-bond acceptors (Lipinski definition) is 2. The number of likely N-dealkylation sites (tertiary alicyclic amines) is 1.